The highest BCUT2D eigenvalue weighted by Crippen LogP contribution is 2.26. The zero-order valence-electron chi connectivity index (χ0n) is 11.7. The van der Waals surface area contributed by atoms with Crippen molar-refractivity contribution in [3.63, 3.8) is 0 Å². The largest absolute Gasteiger partial charge is 0.411 e. The van der Waals surface area contributed by atoms with E-state index < -0.39 is 0 Å². The Labute approximate surface area is 139 Å². The summed E-state index contributed by atoms with van der Waals surface area (Å²) in [4.78, 5) is 9.46. The molecule has 0 bridgehead atoms. The summed E-state index contributed by atoms with van der Waals surface area (Å²) < 4.78 is 5.62. The molecular formula is C14H10N6OS2. The molecule has 0 aliphatic rings. The molecule has 0 aliphatic carbocycles. The molecule has 4 heterocycles. The third kappa shape index (κ3) is 3.15. The van der Waals surface area contributed by atoms with Crippen LogP contribution < -0.4 is 0 Å². The van der Waals surface area contributed by atoms with Crippen molar-refractivity contribution in [3.05, 3.63) is 47.9 Å². The van der Waals surface area contributed by atoms with Crippen LogP contribution in [0, 0.1) is 0 Å². The number of rotatable bonds is 5. The normalized spacial score (nSPS) is 11.0. The maximum atomic E-state index is 5.62. The number of pyridine rings is 1. The molecule has 4 aromatic heterocycles. The Hall–Kier alpha value is -2.52. The van der Waals surface area contributed by atoms with Crippen LogP contribution in [0.15, 0.2) is 51.7 Å². The number of nitrogens with zero attached hydrogens (tertiary/aromatic N) is 5. The van der Waals surface area contributed by atoms with Gasteiger partial charge in [-0.3, -0.25) is 10.1 Å². The molecule has 0 radical (unpaired) electrons. The number of aromatic amines is 1. The van der Waals surface area contributed by atoms with Crippen molar-refractivity contribution in [1.82, 2.24) is 30.4 Å². The first-order valence-corrected chi connectivity index (χ1v) is 8.57. The molecule has 0 saturated heterocycles. The number of hydrogen-bond donors (Lipinski definition) is 1. The monoisotopic (exact) mass is 342 g/mol. The Bertz CT molecular complexity index is 887. The van der Waals surface area contributed by atoms with E-state index in [0.717, 1.165) is 16.3 Å². The molecule has 0 spiro atoms. The lowest BCUT2D eigenvalue weighted by atomic mass is 10.3. The standard InChI is InChI=1S/C14H10N6OS2/c1-2-10(22-7-1)12-16-11(17-18-12)8-23-14-20-19-13(21-14)9-3-5-15-6-4-9/h1-7H,8H2,(H,16,17,18). The summed E-state index contributed by atoms with van der Waals surface area (Å²) in [6.45, 7) is 0. The second-order valence-corrected chi connectivity index (χ2v) is 6.35. The summed E-state index contributed by atoms with van der Waals surface area (Å²) in [5, 5.41) is 17.7. The van der Waals surface area contributed by atoms with E-state index in [9.17, 15) is 0 Å². The van der Waals surface area contributed by atoms with Crippen LogP contribution >= 0.6 is 23.1 Å². The molecule has 23 heavy (non-hydrogen) atoms. The molecule has 0 atom stereocenters. The number of nitrogens with one attached hydrogen (secondary N) is 1. The second-order valence-electron chi connectivity index (χ2n) is 4.48. The molecular weight excluding hydrogens is 332 g/mol. The summed E-state index contributed by atoms with van der Waals surface area (Å²) >= 11 is 3.02. The van der Waals surface area contributed by atoms with E-state index in [4.69, 9.17) is 4.42 Å². The Morgan fingerprint density at radius 2 is 2.09 bits per heavy atom. The average Bonchev–Trinajstić information content (AvgIpc) is 3.33. The van der Waals surface area contributed by atoms with Crippen LogP contribution in [0.1, 0.15) is 5.82 Å². The van der Waals surface area contributed by atoms with Gasteiger partial charge < -0.3 is 4.42 Å². The minimum atomic E-state index is 0.478. The second kappa shape index (κ2) is 6.31. The molecule has 0 amide bonds. The fraction of sp³-hybridized carbons (Fsp3) is 0.0714. The molecule has 0 aliphatic heterocycles. The number of aromatic nitrogens is 6. The number of H-pyrrole nitrogens is 1. The minimum absolute atomic E-state index is 0.478. The van der Waals surface area contributed by atoms with E-state index in [1.165, 1.54) is 11.8 Å². The Morgan fingerprint density at radius 3 is 2.91 bits per heavy atom. The molecule has 7 nitrogen and oxygen atoms in total. The molecule has 1 N–H and O–H groups in total. The predicted octanol–water partition coefficient (Wildman–Crippen LogP) is 3.27. The van der Waals surface area contributed by atoms with Gasteiger partial charge in [0.2, 0.25) is 5.89 Å². The van der Waals surface area contributed by atoms with Crippen molar-refractivity contribution in [3.8, 4) is 22.2 Å². The van der Waals surface area contributed by atoms with Crippen LogP contribution in [0.25, 0.3) is 22.2 Å². The highest BCUT2D eigenvalue weighted by atomic mass is 32.2. The Kier molecular flexibility index (Phi) is 3.86. The van der Waals surface area contributed by atoms with Crippen LogP contribution in [0.2, 0.25) is 0 Å². The summed E-state index contributed by atoms with van der Waals surface area (Å²) in [7, 11) is 0. The molecule has 0 saturated carbocycles. The third-order valence-corrected chi connectivity index (χ3v) is 4.63. The Balaban J connectivity index is 1.43. The maximum absolute atomic E-state index is 5.62. The fourth-order valence-corrected chi connectivity index (χ4v) is 3.17. The van der Waals surface area contributed by atoms with Gasteiger partial charge >= 0.3 is 0 Å². The number of hydrogen-bond acceptors (Lipinski definition) is 8. The van der Waals surface area contributed by atoms with Crippen LogP contribution in [0.5, 0.6) is 0 Å². The van der Waals surface area contributed by atoms with Gasteiger partial charge in [-0.1, -0.05) is 17.8 Å². The molecule has 0 fully saturated rings. The van der Waals surface area contributed by atoms with Gasteiger partial charge in [0.05, 0.1) is 10.6 Å². The summed E-state index contributed by atoms with van der Waals surface area (Å²) in [6, 6.07) is 7.62. The third-order valence-electron chi connectivity index (χ3n) is 2.94. The zero-order valence-corrected chi connectivity index (χ0v) is 13.3. The van der Waals surface area contributed by atoms with E-state index in [1.807, 2.05) is 29.6 Å². The molecule has 0 aromatic carbocycles. The fourth-order valence-electron chi connectivity index (χ4n) is 1.89. The lowest BCUT2D eigenvalue weighted by Gasteiger charge is -1.92. The van der Waals surface area contributed by atoms with E-state index in [0.29, 0.717) is 22.7 Å². The van der Waals surface area contributed by atoms with Gasteiger partial charge in [0.15, 0.2) is 5.82 Å². The predicted molar refractivity (Wildman–Crippen MR) is 86.8 cm³/mol. The summed E-state index contributed by atoms with van der Waals surface area (Å²) in [6.07, 6.45) is 3.37. The van der Waals surface area contributed by atoms with Gasteiger partial charge in [-0.2, -0.15) is 5.10 Å². The quantitative estimate of drug-likeness (QED) is 0.556. The van der Waals surface area contributed by atoms with E-state index in [2.05, 4.69) is 30.4 Å². The van der Waals surface area contributed by atoms with E-state index >= 15 is 0 Å². The maximum Gasteiger partial charge on any atom is 0.277 e. The zero-order chi connectivity index (χ0) is 15.5. The highest BCUT2D eigenvalue weighted by molar-refractivity contribution is 7.98. The van der Waals surface area contributed by atoms with Gasteiger partial charge in [0.1, 0.15) is 5.82 Å². The van der Waals surface area contributed by atoms with Crippen molar-refractivity contribution in [2.75, 3.05) is 0 Å². The van der Waals surface area contributed by atoms with Crippen LogP contribution in [-0.2, 0) is 5.75 Å². The van der Waals surface area contributed by atoms with Crippen LogP contribution in [0.3, 0.4) is 0 Å². The van der Waals surface area contributed by atoms with Gasteiger partial charge in [0.25, 0.3) is 5.22 Å². The van der Waals surface area contributed by atoms with Crippen LogP contribution in [-0.4, -0.2) is 30.4 Å². The number of thioether (sulfide) groups is 1. The first-order valence-electron chi connectivity index (χ1n) is 6.70. The number of thiophene rings is 1. The van der Waals surface area contributed by atoms with Crippen molar-refractivity contribution in [2.45, 2.75) is 11.0 Å². The average molecular weight is 342 g/mol. The van der Waals surface area contributed by atoms with Gasteiger partial charge in [-0.05, 0) is 23.6 Å². The SMILES string of the molecule is c1csc(-c2n[nH]c(CSc3nnc(-c4ccncc4)o3)n2)c1. The van der Waals surface area contributed by atoms with Crippen molar-refractivity contribution >= 4 is 23.1 Å². The first-order chi connectivity index (χ1) is 11.4. The van der Waals surface area contributed by atoms with E-state index in [-0.39, 0.29) is 0 Å². The lowest BCUT2D eigenvalue weighted by molar-refractivity contribution is 0.465. The highest BCUT2D eigenvalue weighted by Gasteiger charge is 2.11. The smallest absolute Gasteiger partial charge is 0.277 e. The van der Waals surface area contributed by atoms with Crippen molar-refractivity contribution in [2.24, 2.45) is 0 Å². The van der Waals surface area contributed by atoms with Gasteiger partial charge in [-0.15, -0.1) is 21.5 Å². The first kappa shape index (κ1) is 14.1. The van der Waals surface area contributed by atoms with Gasteiger partial charge in [0, 0.05) is 18.0 Å². The lowest BCUT2D eigenvalue weighted by Crippen LogP contribution is -1.84. The molecule has 4 aromatic rings. The van der Waals surface area contributed by atoms with Gasteiger partial charge in [-0.25, -0.2) is 4.98 Å². The van der Waals surface area contributed by atoms with Crippen molar-refractivity contribution in [1.29, 1.82) is 0 Å². The molecule has 0 unspecified atom stereocenters. The molecule has 4 rings (SSSR count). The summed E-state index contributed by atoms with van der Waals surface area (Å²) in [5.74, 6) is 2.53. The van der Waals surface area contributed by atoms with Crippen molar-refractivity contribution < 1.29 is 4.42 Å². The topological polar surface area (TPSA) is 93.4 Å². The van der Waals surface area contributed by atoms with E-state index in [1.54, 1.807) is 23.7 Å². The van der Waals surface area contributed by atoms with Crippen LogP contribution in [0.4, 0.5) is 0 Å². The molecule has 114 valence electrons. The molecule has 9 heteroatoms. The summed E-state index contributed by atoms with van der Waals surface area (Å²) in [5.41, 5.74) is 0.846. The Morgan fingerprint density at radius 1 is 1.17 bits per heavy atom. The minimum Gasteiger partial charge on any atom is -0.411 e.